The van der Waals surface area contributed by atoms with E-state index in [4.69, 9.17) is 4.74 Å². The summed E-state index contributed by atoms with van der Waals surface area (Å²) in [4.78, 5) is 0. The van der Waals surface area contributed by atoms with Crippen LogP contribution in [0.4, 0.5) is 13.2 Å². The van der Waals surface area contributed by atoms with E-state index in [-0.39, 0.29) is 17.7 Å². The number of ether oxygens (including phenoxy) is 1. The van der Waals surface area contributed by atoms with Crippen molar-refractivity contribution < 1.29 is 23.0 Å². The van der Waals surface area contributed by atoms with Crippen molar-refractivity contribution in [1.29, 1.82) is 0 Å². The van der Waals surface area contributed by atoms with Crippen LogP contribution in [-0.2, 0) is 0 Å². The van der Waals surface area contributed by atoms with E-state index in [1.807, 2.05) is 0 Å². The first kappa shape index (κ1) is 13.0. The van der Waals surface area contributed by atoms with Crippen molar-refractivity contribution in [3.63, 3.8) is 0 Å². The monoisotopic (exact) mass is 280 g/mol. The Hall–Kier alpha value is -2.01. The third-order valence-corrected chi connectivity index (χ3v) is 3.36. The zero-order valence-electron chi connectivity index (χ0n) is 10.3. The maximum Gasteiger partial charge on any atom is 0.133 e. The number of aliphatic hydroxyl groups excluding tert-OH is 1. The van der Waals surface area contributed by atoms with E-state index in [0.717, 1.165) is 18.2 Å². The Morgan fingerprint density at radius 1 is 1.05 bits per heavy atom. The second-order valence-corrected chi connectivity index (χ2v) is 4.68. The average molecular weight is 280 g/mol. The van der Waals surface area contributed by atoms with Crippen molar-refractivity contribution in [2.45, 2.75) is 18.6 Å². The summed E-state index contributed by atoms with van der Waals surface area (Å²) in [5.41, 5.74) is 0.167. The van der Waals surface area contributed by atoms with Crippen LogP contribution >= 0.6 is 0 Å². The van der Waals surface area contributed by atoms with Crippen molar-refractivity contribution >= 4 is 0 Å². The number of aliphatic hydroxyl groups is 1. The molecular weight excluding hydrogens is 269 g/mol. The largest absolute Gasteiger partial charge is 0.485 e. The molecule has 1 N–H and O–H groups in total. The molecule has 0 radical (unpaired) electrons. The highest BCUT2D eigenvalue weighted by Gasteiger charge is 2.31. The summed E-state index contributed by atoms with van der Waals surface area (Å²) in [5, 5.41) is 10.0. The summed E-state index contributed by atoms with van der Waals surface area (Å²) >= 11 is 0. The highest BCUT2D eigenvalue weighted by atomic mass is 19.1. The fraction of sp³-hybridized carbons (Fsp3) is 0.200. The van der Waals surface area contributed by atoms with Crippen LogP contribution in [-0.4, -0.2) is 5.11 Å². The molecule has 2 aromatic carbocycles. The van der Waals surface area contributed by atoms with Gasteiger partial charge in [0.15, 0.2) is 0 Å². The Morgan fingerprint density at radius 2 is 1.75 bits per heavy atom. The molecule has 0 saturated carbocycles. The summed E-state index contributed by atoms with van der Waals surface area (Å²) in [6.45, 7) is 0. The summed E-state index contributed by atoms with van der Waals surface area (Å²) in [7, 11) is 0. The van der Waals surface area contributed by atoms with Crippen LogP contribution in [0.15, 0.2) is 36.4 Å². The number of benzene rings is 2. The maximum absolute atomic E-state index is 13.7. The lowest BCUT2D eigenvalue weighted by Gasteiger charge is -2.30. The second-order valence-electron chi connectivity index (χ2n) is 4.68. The molecule has 104 valence electrons. The van der Waals surface area contributed by atoms with Gasteiger partial charge in [-0.05, 0) is 24.3 Å². The molecule has 20 heavy (non-hydrogen) atoms. The summed E-state index contributed by atoms with van der Waals surface area (Å²) in [6.07, 6.45) is -1.93. The van der Waals surface area contributed by atoms with Gasteiger partial charge >= 0.3 is 0 Å². The standard InChI is InChI=1S/C15H11F3O2/c16-8-4-5-9-12(19)7-14(20-13(9)6-8)15-10(17)2-1-3-11(15)18/h1-6,12,14,19H,7H2/t12-,14?/m0/s1. The van der Waals surface area contributed by atoms with Crippen molar-refractivity contribution in [2.75, 3.05) is 0 Å². The fourth-order valence-electron chi connectivity index (χ4n) is 2.41. The summed E-state index contributed by atoms with van der Waals surface area (Å²) < 4.78 is 46.1. The Balaban J connectivity index is 2.03. The molecule has 1 aliphatic heterocycles. The Labute approximate surface area is 113 Å². The Morgan fingerprint density at radius 3 is 2.45 bits per heavy atom. The third kappa shape index (κ3) is 2.14. The number of hydrogen-bond acceptors (Lipinski definition) is 2. The molecule has 1 heterocycles. The third-order valence-electron chi connectivity index (χ3n) is 3.36. The molecule has 3 rings (SSSR count). The van der Waals surface area contributed by atoms with E-state index in [2.05, 4.69) is 0 Å². The lowest BCUT2D eigenvalue weighted by atomic mass is 9.94. The topological polar surface area (TPSA) is 29.5 Å². The zero-order chi connectivity index (χ0) is 14.3. The van der Waals surface area contributed by atoms with Crippen LogP contribution in [0, 0.1) is 17.5 Å². The molecule has 1 aliphatic rings. The van der Waals surface area contributed by atoms with Gasteiger partial charge in [-0.25, -0.2) is 13.2 Å². The van der Waals surface area contributed by atoms with E-state index >= 15 is 0 Å². The maximum atomic E-state index is 13.7. The van der Waals surface area contributed by atoms with Crippen LogP contribution < -0.4 is 4.74 Å². The summed E-state index contributed by atoms with van der Waals surface area (Å²) in [6, 6.07) is 7.20. The zero-order valence-corrected chi connectivity index (χ0v) is 10.3. The molecule has 1 unspecified atom stereocenters. The van der Waals surface area contributed by atoms with Gasteiger partial charge in [-0.3, -0.25) is 0 Å². The van der Waals surface area contributed by atoms with E-state index in [1.165, 1.54) is 18.2 Å². The smallest absolute Gasteiger partial charge is 0.133 e. The first-order valence-corrected chi connectivity index (χ1v) is 6.14. The van der Waals surface area contributed by atoms with Gasteiger partial charge in [-0.2, -0.15) is 0 Å². The van der Waals surface area contributed by atoms with E-state index in [9.17, 15) is 18.3 Å². The predicted octanol–water partition coefficient (Wildman–Crippen LogP) is 3.66. The van der Waals surface area contributed by atoms with Gasteiger partial charge in [-0.1, -0.05) is 6.07 Å². The van der Waals surface area contributed by atoms with Gasteiger partial charge in [-0.15, -0.1) is 0 Å². The minimum atomic E-state index is -0.986. The van der Waals surface area contributed by atoms with Gasteiger partial charge in [0, 0.05) is 18.1 Å². The molecule has 0 fully saturated rings. The number of halogens is 3. The Kier molecular flexibility index (Phi) is 3.14. The second kappa shape index (κ2) is 4.83. The van der Waals surface area contributed by atoms with Gasteiger partial charge in [0.1, 0.15) is 29.3 Å². The van der Waals surface area contributed by atoms with Crippen molar-refractivity contribution in [3.8, 4) is 5.75 Å². The molecule has 0 amide bonds. The number of hydrogen-bond donors (Lipinski definition) is 1. The molecular formula is C15H11F3O2. The SMILES string of the molecule is O[C@H]1CC(c2c(F)cccc2F)Oc2cc(F)ccc21. The van der Waals surface area contributed by atoms with Crippen LogP contribution in [0.25, 0.3) is 0 Å². The van der Waals surface area contributed by atoms with Crippen LogP contribution in [0.1, 0.15) is 29.8 Å². The molecule has 0 saturated heterocycles. The van der Waals surface area contributed by atoms with Gasteiger partial charge in [0.05, 0.1) is 11.7 Å². The highest BCUT2D eigenvalue weighted by Crippen LogP contribution is 2.42. The molecule has 0 spiro atoms. The minimum Gasteiger partial charge on any atom is -0.485 e. The van der Waals surface area contributed by atoms with Gasteiger partial charge in [0.2, 0.25) is 0 Å². The quantitative estimate of drug-likeness (QED) is 0.863. The van der Waals surface area contributed by atoms with Crippen molar-refractivity contribution in [2.24, 2.45) is 0 Å². The molecule has 2 nitrogen and oxygen atoms in total. The summed E-state index contributed by atoms with van der Waals surface area (Å²) in [5.74, 6) is -1.92. The molecule has 0 aliphatic carbocycles. The molecule has 2 atom stereocenters. The van der Waals surface area contributed by atoms with Crippen molar-refractivity contribution in [3.05, 3.63) is 65.0 Å². The predicted molar refractivity (Wildman–Crippen MR) is 65.7 cm³/mol. The van der Waals surface area contributed by atoms with E-state index in [0.29, 0.717) is 5.56 Å². The molecule has 0 bridgehead atoms. The first-order valence-electron chi connectivity index (χ1n) is 6.14. The van der Waals surface area contributed by atoms with Crippen LogP contribution in [0.5, 0.6) is 5.75 Å². The molecule has 0 aromatic heterocycles. The molecule has 5 heteroatoms. The fourth-order valence-corrected chi connectivity index (χ4v) is 2.41. The number of rotatable bonds is 1. The van der Waals surface area contributed by atoms with Gasteiger partial charge in [0.25, 0.3) is 0 Å². The highest BCUT2D eigenvalue weighted by molar-refractivity contribution is 5.39. The lowest BCUT2D eigenvalue weighted by molar-refractivity contribution is 0.0618. The normalized spacial score (nSPS) is 21.2. The van der Waals surface area contributed by atoms with E-state index < -0.39 is 29.7 Å². The number of fused-ring (bicyclic) bond motifs is 1. The Bertz CT molecular complexity index is 637. The lowest BCUT2D eigenvalue weighted by Crippen LogP contribution is -2.21. The molecule has 2 aromatic rings. The minimum absolute atomic E-state index is 0.0104. The average Bonchev–Trinajstić information content (AvgIpc) is 2.38. The van der Waals surface area contributed by atoms with Crippen molar-refractivity contribution in [1.82, 2.24) is 0 Å². The first-order chi connectivity index (χ1) is 9.56. The van der Waals surface area contributed by atoms with E-state index in [1.54, 1.807) is 0 Å². The van der Waals surface area contributed by atoms with Crippen LogP contribution in [0.3, 0.4) is 0 Å². The van der Waals surface area contributed by atoms with Crippen LogP contribution in [0.2, 0.25) is 0 Å². The van der Waals surface area contributed by atoms with Gasteiger partial charge < -0.3 is 9.84 Å².